The van der Waals surface area contributed by atoms with Crippen LogP contribution in [0.15, 0.2) is 23.1 Å². The topological polar surface area (TPSA) is 79.3 Å². The van der Waals surface area contributed by atoms with Gasteiger partial charge in [-0.3, -0.25) is 4.79 Å². The summed E-state index contributed by atoms with van der Waals surface area (Å²) >= 11 is 8.62. The van der Waals surface area contributed by atoms with Crippen molar-refractivity contribution in [2.75, 3.05) is 5.75 Å². The molecule has 0 bridgehead atoms. The fourth-order valence-electron chi connectivity index (χ4n) is 2.10. The number of aromatic nitrogens is 1. The van der Waals surface area contributed by atoms with Gasteiger partial charge in [0.25, 0.3) is 5.91 Å². The molecule has 1 unspecified atom stereocenters. The van der Waals surface area contributed by atoms with Crippen molar-refractivity contribution >= 4 is 46.6 Å². The van der Waals surface area contributed by atoms with E-state index in [9.17, 15) is 9.59 Å². The summed E-state index contributed by atoms with van der Waals surface area (Å²) in [6.45, 7) is 5.43. The number of hydrogen-bond donors (Lipinski definition) is 2. The molecule has 1 aromatic heterocycles. The number of carbonyl (C=O) groups excluding carboxylic acids is 1. The second-order valence-corrected chi connectivity index (χ2v) is 7.81. The highest BCUT2D eigenvalue weighted by Gasteiger charge is 2.20. The molecule has 1 amide bonds. The zero-order valence-corrected chi connectivity index (χ0v) is 15.8. The van der Waals surface area contributed by atoms with Crippen LogP contribution in [0.4, 0.5) is 0 Å². The smallest absolute Gasteiger partial charge is 0.347 e. The average molecular weight is 385 g/mol. The van der Waals surface area contributed by atoms with Gasteiger partial charge in [-0.2, -0.15) is 0 Å². The monoisotopic (exact) mass is 384 g/mol. The first-order valence-electron chi connectivity index (χ1n) is 7.27. The summed E-state index contributed by atoms with van der Waals surface area (Å²) in [6, 6.07) is 4.75. The molecule has 0 aliphatic heterocycles. The Balaban J connectivity index is 2.20. The Bertz CT molecular complexity index is 777. The number of aromatic carboxylic acids is 1. The van der Waals surface area contributed by atoms with E-state index in [4.69, 9.17) is 16.7 Å². The third-order valence-corrected chi connectivity index (χ3v) is 5.71. The van der Waals surface area contributed by atoms with Crippen LogP contribution in [0.5, 0.6) is 0 Å². The van der Waals surface area contributed by atoms with Crippen LogP contribution < -0.4 is 5.32 Å². The number of aryl methyl sites for hydroxylation is 1. The van der Waals surface area contributed by atoms with Crippen LogP contribution in [0.2, 0.25) is 5.02 Å². The molecule has 1 atom stereocenters. The number of thiazole rings is 1. The van der Waals surface area contributed by atoms with Crippen LogP contribution in [0, 0.1) is 6.92 Å². The number of carbonyl (C=O) groups is 2. The van der Waals surface area contributed by atoms with E-state index in [2.05, 4.69) is 10.3 Å². The minimum atomic E-state index is -1.01. The molecular weight excluding hydrogens is 368 g/mol. The first-order valence-corrected chi connectivity index (χ1v) is 9.45. The highest BCUT2D eigenvalue weighted by Crippen LogP contribution is 2.28. The number of rotatable bonds is 6. The highest BCUT2D eigenvalue weighted by molar-refractivity contribution is 7.99. The van der Waals surface area contributed by atoms with E-state index >= 15 is 0 Å². The number of nitrogens with one attached hydrogen (secondary N) is 1. The van der Waals surface area contributed by atoms with E-state index in [0.29, 0.717) is 21.3 Å². The van der Waals surface area contributed by atoms with Gasteiger partial charge in [-0.15, -0.1) is 23.1 Å². The van der Waals surface area contributed by atoms with Crippen LogP contribution in [-0.4, -0.2) is 27.7 Å². The van der Waals surface area contributed by atoms with Gasteiger partial charge in [0, 0.05) is 9.92 Å². The molecule has 0 aliphatic rings. The van der Waals surface area contributed by atoms with Crippen molar-refractivity contribution in [2.45, 2.75) is 31.7 Å². The van der Waals surface area contributed by atoms with Crippen molar-refractivity contribution in [2.24, 2.45) is 0 Å². The Morgan fingerprint density at radius 1 is 1.46 bits per heavy atom. The summed E-state index contributed by atoms with van der Waals surface area (Å²) in [5, 5.41) is 13.1. The van der Waals surface area contributed by atoms with Crippen molar-refractivity contribution in [1.82, 2.24) is 10.3 Å². The Morgan fingerprint density at radius 3 is 2.75 bits per heavy atom. The van der Waals surface area contributed by atoms with E-state index in [0.717, 1.165) is 22.0 Å². The highest BCUT2D eigenvalue weighted by atomic mass is 35.5. The number of benzene rings is 1. The molecule has 2 N–H and O–H groups in total. The van der Waals surface area contributed by atoms with E-state index in [1.165, 1.54) is 0 Å². The van der Waals surface area contributed by atoms with Gasteiger partial charge in [-0.25, -0.2) is 9.78 Å². The maximum Gasteiger partial charge on any atom is 0.347 e. The van der Waals surface area contributed by atoms with Crippen molar-refractivity contribution in [3.63, 3.8) is 0 Å². The summed E-state index contributed by atoms with van der Waals surface area (Å²) in [5.74, 6) is -0.418. The molecule has 1 aromatic carbocycles. The normalized spacial score (nSPS) is 12.0. The Hall–Kier alpha value is -1.57. The zero-order valence-electron chi connectivity index (χ0n) is 13.4. The second kappa shape index (κ2) is 8.00. The number of halogens is 1. The molecule has 0 spiro atoms. The molecule has 2 rings (SSSR count). The fraction of sp³-hybridized carbons (Fsp3) is 0.312. The van der Waals surface area contributed by atoms with Gasteiger partial charge in [-0.1, -0.05) is 18.5 Å². The number of carboxylic acids is 1. The molecule has 0 saturated carbocycles. The van der Waals surface area contributed by atoms with Crippen LogP contribution in [0.3, 0.4) is 0 Å². The number of carboxylic acid groups (broad SMARTS) is 1. The predicted molar refractivity (Wildman–Crippen MR) is 97.5 cm³/mol. The Morgan fingerprint density at radius 2 is 2.17 bits per heavy atom. The first-order chi connectivity index (χ1) is 11.3. The van der Waals surface area contributed by atoms with Gasteiger partial charge < -0.3 is 10.4 Å². The lowest BCUT2D eigenvalue weighted by molar-refractivity contribution is 0.0701. The molecule has 0 saturated heterocycles. The zero-order chi connectivity index (χ0) is 17.9. The quantitative estimate of drug-likeness (QED) is 0.721. The summed E-state index contributed by atoms with van der Waals surface area (Å²) < 4.78 is 0. The second-order valence-electron chi connectivity index (χ2n) is 5.04. The van der Waals surface area contributed by atoms with E-state index < -0.39 is 5.97 Å². The van der Waals surface area contributed by atoms with Crippen molar-refractivity contribution in [3.05, 3.63) is 44.4 Å². The summed E-state index contributed by atoms with van der Waals surface area (Å²) in [4.78, 5) is 28.9. The molecule has 0 radical (unpaired) electrons. The predicted octanol–water partition coefficient (Wildman–Crippen LogP) is 4.41. The lowest BCUT2D eigenvalue weighted by Gasteiger charge is -2.13. The largest absolute Gasteiger partial charge is 0.477 e. The van der Waals surface area contributed by atoms with Crippen molar-refractivity contribution in [3.8, 4) is 0 Å². The minimum absolute atomic E-state index is 0.194. The molecule has 0 aliphatic carbocycles. The van der Waals surface area contributed by atoms with Gasteiger partial charge >= 0.3 is 5.97 Å². The first kappa shape index (κ1) is 18.8. The van der Waals surface area contributed by atoms with E-state index in [1.807, 2.05) is 6.92 Å². The van der Waals surface area contributed by atoms with Crippen LogP contribution >= 0.6 is 34.7 Å². The number of hydrogen-bond acceptors (Lipinski definition) is 5. The van der Waals surface area contributed by atoms with Crippen LogP contribution in [0.1, 0.15) is 50.6 Å². The van der Waals surface area contributed by atoms with Crippen LogP contribution in [0.25, 0.3) is 0 Å². The summed E-state index contributed by atoms with van der Waals surface area (Å²) in [6.07, 6.45) is 0. The van der Waals surface area contributed by atoms with Gasteiger partial charge in [-0.05, 0) is 37.8 Å². The average Bonchev–Trinajstić information content (AvgIpc) is 2.90. The Labute approximate surface area is 153 Å². The lowest BCUT2D eigenvalue weighted by atomic mass is 10.2. The van der Waals surface area contributed by atoms with E-state index in [-0.39, 0.29) is 16.8 Å². The SMILES string of the molecule is CCSc1cc(Cl)ccc1C(=O)NC(C)c1nc(C)c(C(=O)O)s1. The molecule has 8 heteroatoms. The third kappa shape index (κ3) is 4.28. The molecule has 2 aromatic rings. The van der Waals surface area contributed by atoms with Crippen molar-refractivity contribution in [1.29, 1.82) is 0 Å². The summed E-state index contributed by atoms with van der Waals surface area (Å²) in [5.41, 5.74) is 1.00. The Kier molecular flexibility index (Phi) is 6.26. The minimum Gasteiger partial charge on any atom is -0.477 e. The summed E-state index contributed by atoms with van der Waals surface area (Å²) in [7, 11) is 0. The number of nitrogens with zero attached hydrogens (tertiary/aromatic N) is 1. The van der Waals surface area contributed by atoms with Gasteiger partial charge in [0.15, 0.2) is 0 Å². The standard InChI is InChI=1S/C16H17ClN2O3S2/c1-4-23-12-7-10(17)5-6-11(12)14(20)18-9(3)15-19-8(2)13(24-15)16(21)22/h5-7,9H,4H2,1-3H3,(H,18,20)(H,21,22). The van der Waals surface area contributed by atoms with Gasteiger partial charge in [0.1, 0.15) is 9.88 Å². The molecule has 0 fully saturated rings. The third-order valence-electron chi connectivity index (χ3n) is 3.21. The molecule has 128 valence electrons. The maximum atomic E-state index is 12.6. The van der Waals surface area contributed by atoms with Crippen LogP contribution in [-0.2, 0) is 0 Å². The fourth-order valence-corrected chi connectivity index (χ4v) is 4.08. The van der Waals surface area contributed by atoms with Gasteiger partial charge in [0.05, 0.1) is 17.3 Å². The molecule has 5 nitrogen and oxygen atoms in total. The van der Waals surface area contributed by atoms with E-state index in [1.54, 1.807) is 43.8 Å². The van der Waals surface area contributed by atoms with Crippen molar-refractivity contribution < 1.29 is 14.7 Å². The molecular formula is C16H17ClN2O3S2. The maximum absolute atomic E-state index is 12.6. The number of amides is 1. The molecule has 24 heavy (non-hydrogen) atoms. The molecule has 1 heterocycles. The van der Waals surface area contributed by atoms with Gasteiger partial charge in [0.2, 0.25) is 0 Å². The lowest BCUT2D eigenvalue weighted by Crippen LogP contribution is -2.27. The number of thioether (sulfide) groups is 1.